The standard InChI is InChI=1S/C12H13NO/c1-8(2)10-6-9-4-3-5-13-11(9)7-12(10)14/h3-8,14H,1-2H3. The van der Waals surface area contributed by atoms with Crippen molar-refractivity contribution in [2.75, 3.05) is 0 Å². The van der Waals surface area contributed by atoms with Crippen LogP contribution < -0.4 is 0 Å². The molecule has 0 fully saturated rings. The van der Waals surface area contributed by atoms with E-state index in [1.165, 1.54) is 0 Å². The van der Waals surface area contributed by atoms with Gasteiger partial charge in [-0.15, -0.1) is 0 Å². The topological polar surface area (TPSA) is 33.1 Å². The molecule has 0 radical (unpaired) electrons. The minimum Gasteiger partial charge on any atom is -0.508 e. The molecule has 2 rings (SSSR count). The highest BCUT2D eigenvalue weighted by molar-refractivity contribution is 5.81. The number of hydrogen-bond donors (Lipinski definition) is 1. The van der Waals surface area contributed by atoms with Crippen LogP contribution in [0.15, 0.2) is 30.5 Å². The fourth-order valence-corrected chi connectivity index (χ4v) is 1.59. The number of phenols is 1. The van der Waals surface area contributed by atoms with Gasteiger partial charge >= 0.3 is 0 Å². The van der Waals surface area contributed by atoms with Crippen molar-refractivity contribution in [2.45, 2.75) is 19.8 Å². The Balaban J connectivity index is 2.71. The van der Waals surface area contributed by atoms with Gasteiger partial charge in [0.15, 0.2) is 0 Å². The van der Waals surface area contributed by atoms with Crippen LogP contribution in [0.3, 0.4) is 0 Å². The monoisotopic (exact) mass is 187 g/mol. The molecule has 0 aliphatic carbocycles. The van der Waals surface area contributed by atoms with Crippen LogP contribution >= 0.6 is 0 Å². The first-order valence-corrected chi connectivity index (χ1v) is 4.76. The quantitative estimate of drug-likeness (QED) is 0.744. The van der Waals surface area contributed by atoms with Gasteiger partial charge in [-0.25, -0.2) is 0 Å². The molecule has 0 bridgehead atoms. The van der Waals surface area contributed by atoms with E-state index in [-0.39, 0.29) is 0 Å². The number of hydrogen-bond acceptors (Lipinski definition) is 2. The molecule has 0 amide bonds. The van der Waals surface area contributed by atoms with E-state index in [9.17, 15) is 5.11 Å². The molecule has 0 aliphatic rings. The second kappa shape index (κ2) is 3.29. The fraction of sp³-hybridized carbons (Fsp3) is 0.250. The Kier molecular flexibility index (Phi) is 2.12. The highest BCUT2D eigenvalue weighted by Gasteiger charge is 2.07. The summed E-state index contributed by atoms with van der Waals surface area (Å²) in [7, 11) is 0. The first-order chi connectivity index (χ1) is 6.68. The first-order valence-electron chi connectivity index (χ1n) is 4.76. The van der Waals surface area contributed by atoms with Crippen LogP contribution in [0.2, 0.25) is 0 Å². The number of benzene rings is 1. The third-order valence-corrected chi connectivity index (χ3v) is 2.37. The van der Waals surface area contributed by atoms with E-state index in [0.29, 0.717) is 11.7 Å². The van der Waals surface area contributed by atoms with Gasteiger partial charge in [0.2, 0.25) is 0 Å². The summed E-state index contributed by atoms with van der Waals surface area (Å²) in [6, 6.07) is 7.64. The largest absolute Gasteiger partial charge is 0.508 e. The Morgan fingerprint density at radius 1 is 1.29 bits per heavy atom. The van der Waals surface area contributed by atoms with Crippen molar-refractivity contribution in [2.24, 2.45) is 0 Å². The van der Waals surface area contributed by atoms with E-state index in [0.717, 1.165) is 16.5 Å². The molecular weight excluding hydrogens is 174 g/mol. The van der Waals surface area contributed by atoms with Crippen LogP contribution in [0.1, 0.15) is 25.3 Å². The summed E-state index contributed by atoms with van der Waals surface area (Å²) < 4.78 is 0. The minimum atomic E-state index is 0.333. The van der Waals surface area contributed by atoms with E-state index < -0.39 is 0 Å². The lowest BCUT2D eigenvalue weighted by Crippen LogP contribution is -1.89. The van der Waals surface area contributed by atoms with E-state index in [1.54, 1.807) is 12.3 Å². The highest BCUT2D eigenvalue weighted by Crippen LogP contribution is 2.29. The molecule has 0 unspecified atom stereocenters. The fourth-order valence-electron chi connectivity index (χ4n) is 1.59. The van der Waals surface area contributed by atoms with Crippen molar-refractivity contribution in [1.82, 2.24) is 4.98 Å². The van der Waals surface area contributed by atoms with Gasteiger partial charge in [-0.05, 0) is 23.6 Å². The lowest BCUT2D eigenvalue weighted by molar-refractivity contribution is 0.465. The molecule has 2 nitrogen and oxygen atoms in total. The maximum Gasteiger partial charge on any atom is 0.121 e. The number of aromatic hydroxyl groups is 1. The van der Waals surface area contributed by atoms with E-state index in [4.69, 9.17) is 0 Å². The van der Waals surface area contributed by atoms with E-state index in [1.807, 2.05) is 18.2 Å². The van der Waals surface area contributed by atoms with Crippen LogP contribution in [0.5, 0.6) is 5.75 Å². The Hall–Kier alpha value is -1.57. The van der Waals surface area contributed by atoms with Crippen LogP contribution in [-0.4, -0.2) is 10.1 Å². The maximum atomic E-state index is 9.74. The Morgan fingerprint density at radius 2 is 2.07 bits per heavy atom. The van der Waals surface area contributed by atoms with Crippen molar-refractivity contribution in [3.05, 3.63) is 36.0 Å². The van der Waals surface area contributed by atoms with Crippen molar-refractivity contribution in [3.8, 4) is 5.75 Å². The smallest absolute Gasteiger partial charge is 0.121 e. The molecule has 1 aromatic heterocycles. The summed E-state index contributed by atoms with van der Waals surface area (Å²) >= 11 is 0. The van der Waals surface area contributed by atoms with Crippen LogP contribution in [0.4, 0.5) is 0 Å². The number of rotatable bonds is 1. The summed E-state index contributed by atoms with van der Waals surface area (Å²) in [6.45, 7) is 4.13. The van der Waals surface area contributed by atoms with E-state index >= 15 is 0 Å². The molecule has 2 heteroatoms. The molecule has 1 N–H and O–H groups in total. The average Bonchev–Trinajstić information content (AvgIpc) is 2.16. The molecule has 0 saturated carbocycles. The molecule has 0 atom stereocenters. The zero-order chi connectivity index (χ0) is 10.1. The zero-order valence-corrected chi connectivity index (χ0v) is 8.36. The molecule has 0 saturated heterocycles. The van der Waals surface area contributed by atoms with Gasteiger partial charge in [0.25, 0.3) is 0 Å². The number of aromatic nitrogens is 1. The third-order valence-electron chi connectivity index (χ3n) is 2.37. The second-order valence-electron chi connectivity index (χ2n) is 3.76. The average molecular weight is 187 g/mol. The molecule has 72 valence electrons. The Labute approximate surface area is 83.2 Å². The molecule has 1 heterocycles. The first kappa shape index (κ1) is 9.00. The third kappa shape index (κ3) is 1.43. The predicted molar refractivity (Wildman–Crippen MR) is 57.5 cm³/mol. The zero-order valence-electron chi connectivity index (χ0n) is 8.36. The molecule has 14 heavy (non-hydrogen) atoms. The van der Waals surface area contributed by atoms with Crippen LogP contribution in [0.25, 0.3) is 10.9 Å². The van der Waals surface area contributed by atoms with Gasteiger partial charge in [-0.2, -0.15) is 0 Å². The summed E-state index contributed by atoms with van der Waals surface area (Å²) in [4.78, 5) is 4.18. The van der Waals surface area contributed by atoms with Crippen LogP contribution in [0, 0.1) is 0 Å². The Morgan fingerprint density at radius 3 is 2.79 bits per heavy atom. The van der Waals surface area contributed by atoms with Gasteiger partial charge in [-0.3, -0.25) is 4.98 Å². The highest BCUT2D eigenvalue weighted by atomic mass is 16.3. The lowest BCUT2D eigenvalue weighted by Gasteiger charge is -2.09. The summed E-state index contributed by atoms with van der Waals surface area (Å²) in [5, 5.41) is 10.8. The number of pyridine rings is 1. The molecule has 0 aliphatic heterocycles. The lowest BCUT2D eigenvalue weighted by atomic mass is 10.00. The van der Waals surface area contributed by atoms with Crippen molar-refractivity contribution >= 4 is 10.9 Å². The minimum absolute atomic E-state index is 0.333. The molecule has 2 aromatic rings. The summed E-state index contributed by atoms with van der Waals surface area (Å²) in [5.41, 5.74) is 1.82. The van der Waals surface area contributed by atoms with E-state index in [2.05, 4.69) is 18.8 Å². The van der Waals surface area contributed by atoms with Gasteiger partial charge in [0.05, 0.1) is 5.52 Å². The summed E-state index contributed by atoms with van der Waals surface area (Å²) in [6.07, 6.45) is 1.73. The number of nitrogens with zero attached hydrogens (tertiary/aromatic N) is 1. The second-order valence-corrected chi connectivity index (χ2v) is 3.76. The SMILES string of the molecule is CC(C)c1cc2cccnc2cc1O. The molecular formula is C12H13NO. The Bertz CT molecular complexity index is 463. The van der Waals surface area contributed by atoms with Crippen molar-refractivity contribution in [3.63, 3.8) is 0 Å². The number of phenolic OH excluding ortho intramolecular Hbond substituents is 1. The van der Waals surface area contributed by atoms with Gasteiger partial charge in [-0.1, -0.05) is 19.9 Å². The van der Waals surface area contributed by atoms with Crippen LogP contribution in [-0.2, 0) is 0 Å². The molecule has 0 spiro atoms. The van der Waals surface area contributed by atoms with Crippen molar-refractivity contribution < 1.29 is 5.11 Å². The van der Waals surface area contributed by atoms with Gasteiger partial charge in [0.1, 0.15) is 5.75 Å². The van der Waals surface area contributed by atoms with Crippen molar-refractivity contribution in [1.29, 1.82) is 0 Å². The normalized spacial score (nSPS) is 11.1. The maximum absolute atomic E-state index is 9.74. The van der Waals surface area contributed by atoms with Gasteiger partial charge < -0.3 is 5.11 Å². The predicted octanol–water partition coefficient (Wildman–Crippen LogP) is 3.06. The molecule has 1 aromatic carbocycles. The van der Waals surface area contributed by atoms with Gasteiger partial charge in [0, 0.05) is 17.6 Å². The number of fused-ring (bicyclic) bond motifs is 1. The summed E-state index contributed by atoms with van der Waals surface area (Å²) in [5.74, 6) is 0.672.